The van der Waals surface area contributed by atoms with Crippen molar-refractivity contribution in [3.63, 3.8) is 0 Å². The third-order valence-electron chi connectivity index (χ3n) is 2.54. The predicted molar refractivity (Wildman–Crippen MR) is 52.9 cm³/mol. The van der Waals surface area contributed by atoms with E-state index < -0.39 is 0 Å². The van der Waals surface area contributed by atoms with Gasteiger partial charge in [-0.25, -0.2) is 9.82 Å². The van der Waals surface area contributed by atoms with E-state index in [1.165, 1.54) is 12.1 Å². The molecule has 1 aliphatic heterocycles. The second-order valence-corrected chi connectivity index (χ2v) is 3.56. The molecule has 0 radical (unpaired) electrons. The molecule has 2 atom stereocenters. The lowest BCUT2D eigenvalue weighted by Crippen LogP contribution is -2.35. The number of benzene rings is 1. The Morgan fingerprint density at radius 1 is 1.29 bits per heavy atom. The van der Waals surface area contributed by atoms with Crippen LogP contribution < -0.4 is 16.6 Å². The Hall–Kier alpha value is -0.970. The van der Waals surface area contributed by atoms with Gasteiger partial charge in [0.1, 0.15) is 5.82 Å². The van der Waals surface area contributed by atoms with E-state index in [4.69, 9.17) is 5.73 Å². The van der Waals surface area contributed by atoms with Gasteiger partial charge in [0, 0.05) is 18.6 Å². The molecule has 14 heavy (non-hydrogen) atoms. The van der Waals surface area contributed by atoms with Crippen molar-refractivity contribution in [3.8, 4) is 0 Å². The molecule has 0 spiro atoms. The largest absolute Gasteiger partial charge is 0.329 e. The first-order chi connectivity index (χ1) is 6.79. The monoisotopic (exact) mass is 195 g/mol. The van der Waals surface area contributed by atoms with E-state index in [2.05, 4.69) is 10.9 Å². The third-order valence-corrected chi connectivity index (χ3v) is 2.54. The van der Waals surface area contributed by atoms with Crippen molar-refractivity contribution in [2.24, 2.45) is 5.73 Å². The van der Waals surface area contributed by atoms with Gasteiger partial charge in [0.05, 0.1) is 0 Å². The van der Waals surface area contributed by atoms with Crippen LogP contribution >= 0.6 is 0 Å². The summed E-state index contributed by atoms with van der Waals surface area (Å²) < 4.78 is 12.7. The van der Waals surface area contributed by atoms with Crippen LogP contribution in [0.5, 0.6) is 0 Å². The van der Waals surface area contributed by atoms with Gasteiger partial charge < -0.3 is 5.73 Å². The number of hydrogen-bond acceptors (Lipinski definition) is 3. The van der Waals surface area contributed by atoms with Gasteiger partial charge in [-0.3, -0.25) is 5.43 Å². The number of hydrogen-bond donors (Lipinski definition) is 3. The Bertz CT molecular complexity index is 299. The molecule has 1 aromatic rings. The first-order valence-electron chi connectivity index (χ1n) is 4.76. The zero-order valence-corrected chi connectivity index (χ0v) is 7.83. The molecule has 1 saturated heterocycles. The van der Waals surface area contributed by atoms with Crippen LogP contribution in [0.3, 0.4) is 0 Å². The summed E-state index contributed by atoms with van der Waals surface area (Å²) in [6.07, 6.45) is 0.947. The van der Waals surface area contributed by atoms with Crippen LogP contribution in [0.1, 0.15) is 18.0 Å². The minimum absolute atomic E-state index is 0.199. The van der Waals surface area contributed by atoms with Crippen LogP contribution in [0.4, 0.5) is 4.39 Å². The quantitative estimate of drug-likeness (QED) is 0.651. The van der Waals surface area contributed by atoms with Gasteiger partial charge in [-0.2, -0.15) is 0 Å². The molecule has 2 unspecified atom stereocenters. The number of nitrogens with two attached hydrogens (primary N) is 1. The molecule has 2 rings (SSSR count). The lowest BCUT2D eigenvalue weighted by molar-refractivity contribution is 0.546. The molecule has 1 heterocycles. The molecule has 4 heteroatoms. The van der Waals surface area contributed by atoms with Crippen LogP contribution in [0.2, 0.25) is 0 Å². The molecular formula is C10H14FN3. The summed E-state index contributed by atoms with van der Waals surface area (Å²) in [7, 11) is 0. The molecule has 0 amide bonds. The fourth-order valence-corrected chi connectivity index (χ4v) is 1.69. The van der Waals surface area contributed by atoms with E-state index in [0.29, 0.717) is 12.6 Å². The second-order valence-electron chi connectivity index (χ2n) is 3.56. The van der Waals surface area contributed by atoms with Crippen LogP contribution in [-0.4, -0.2) is 12.6 Å². The lowest BCUT2D eigenvalue weighted by Gasteiger charge is -2.08. The average molecular weight is 195 g/mol. The maximum Gasteiger partial charge on any atom is 0.123 e. The summed E-state index contributed by atoms with van der Waals surface area (Å²) >= 11 is 0. The SMILES string of the molecule is NCC1CC(c2ccc(F)cc2)NN1. The molecule has 1 aromatic carbocycles. The van der Waals surface area contributed by atoms with Crippen molar-refractivity contribution >= 4 is 0 Å². The molecule has 1 aliphatic rings. The van der Waals surface area contributed by atoms with E-state index in [1.54, 1.807) is 12.1 Å². The number of rotatable bonds is 2. The maximum absolute atomic E-state index is 12.7. The summed E-state index contributed by atoms with van der Waals surface area (Å²) in [4.78, 5) is 0. The highest BCUT2D eigenvalue weighted by Crippen LogP contribution is 2.21. The molecule has 0 bridgehead atoms. The average Bonchev–Trinajstić information content (AvgIpc) is 2.67. The van der Waals surface area contributed by atoms with E-state index in [0.717, 1.165) is 12.0 Å². The first kappa shape index (κ1) is 9.58. The fourth-order valence-electron chi connectivity index (χ4n) is 1.69. The second kappa shape index (κ2) is 4.04. The number of hydrazine groups is 1. The van der Waals surface area contributed by atoms with Gasteiger partial charge in [-0.05, 0) is 24.1 Å². The summed E-state index contributed by atoms with van der Waals surface area (Å²) in [6.45, 7) is 0.616. The van der Waals surface area contributed by atoms with Crippen LogP contribution in [-0.2, 0) is 0 Å². The minimum Gasteiger partial charge on any atom is -0.329 e. The maximum atomic E-state index is 12.7. The van der Waals surface area contributed by atoms with Crippen LogP contribution in [0, 0.1) is 5.82 Å². The van der Waals surface area contributed by atoms with Crippen LogP contribution in [0.15, 0.2) is 24.3 Å². The molecular weight excluding hydrogens is 181 g/mol. The van der Waals surface area contributed by atoms with E-state index in [9.17, 15) is 4.39 Å². The highest BCUT2D eigenvalue weighted by molar-refractivity contribution is 5.20. The Labute approximate surface area is 82.5 Å². The normalized spacial score (nSPS) is 26.7. The summed E-state index contributed by atoms with van der Waals surface area (Å²) in [5.74, 6) is -0.199. The highest BCUT2D eigenvalue weighted by Gasteiger charge is 2.23. The number of nitrogens with one attached hydrogen (secondary N) is 2. The van der Waals surface area contributed by atoms with Gasteiger partial charge >= 0.3 is 0 Å². The minimum atomic E-state index is -0.199. The molecule has 4 N–H and O–H groups in total. The Morgan fingerprint density at radius 2 is 2.00 bits per heavy atom. The van der Waals surface area contributed by atoms with Gasteiger partial charge in [-0.1, -0.05) is 12.1 Å². The molecule has 0 saturated carbocycles. The van der Waals surface area contributed by atoms with Crippen molar-refractivity contribution in [2.45, 2.75) is 18.5 Å². The standard InChI is InChI=1S/C10H14FN3/c11-8-3-1-7(2-4-8)10-5-9(6-12)13-14-10/h1-4,9-10,13-14H,5-6,12H2. The van der Waals surface area contributed by atoms with E-state index in [1.807, 2.05) is 0 Å². The van der Waals surface area contributed by atoms with Crippen molar-refractivity contribution in [1.29, 1.82) is 0 Å². The summed E-state index contributed by atoms with van der Waals surface area (Å²) in [5, 5.41) is 0. The Balaban J connectivity index is 2.06. The lowest BCUT2D eigenvalue weighted by atomic mass is 10.0. The smallest absolute Gasteiger partial charge is 0.123 e. The van der Waals surface area contributed by atoms with Gasteiger partial charge in [0.25, 0.3) is 0 Å². The van der Waals surface area contributed by atoms with Crippen molar-refractivity contribution < 1.29 is 4.39 Å². The van der Waals surface area contributed by atoms with Crippen molar-refractivity contribution in [2.75, 3.05) is 6.54 Å². The number of halogens is 1. The van der Waals surface area contributed by atoms with Crippen molar-refractivity contribution in [1.82, 2.24) is 10.9 Å². The van der Waals surface area contributed by atoms with Crippen LogP contribution in [0.25, 0.3) is 0 Å². The van der Waals surface area contributed by atoms with E-state index >= 15 is 0 Å². The molecule has 76 valence electrons. The summed E-state index contributed by atoms with van der Waals surface area (Å²) in [6, 6.07) is 7.11. The molecule has 0 aromatic heterocycles. The van der Waals surface area contributed by atoms with Gasteiger partial charge in [0.2, 0.25) is 0 Å². The fraction of sp³-hybridized carbons (Fsp3) is 0.400. The van der Waals surface area contributed by atoms with Gasteiger partial charge in [-0.15, -0.1) is 0 Å². The zero-order valence-electron chi connectivity index (χ0n) is 7.83. The predicted octanol–water partition coefficient (Wildman–Crippen LogP) is 0.692. The van der Waals surface area contributed by atoms with Crippen molar-refractivity contribution in [3.05, 3.63) is 35.6 Å². The Morgan fingerprint density at radius 3 is 2.57 bits per heavy atom. The topological polar surface area (TPSA) is 50.1 Å². The highest BCUT2D eigenvalue weighted by atomic mass is 19.1. The van der Waals surface area contributed by atoms with E-state index in [-0.39, 0.29) is 11.9 Å². The first-order valence-corrected chi connectivity index (χ1v) is 4.76. The molecule has 1 fully saturated rings. The Kier molecular flexibility index (Phi) is 2.77. The molecule has 0 aliphatic carbocycles. The third kappa shape index (κ3) is 1.92. The summed E-state index contributed by atoms with van der Waals surface area (Å²) in [5.41, 5.74) is 12.9. The molecule has 3 nitrogen and oxygen atoms in total. The zero-order chi connectivity index (χ0) is 9.97. The van der Waals surface area contributed by atoms with Gasteiger partial charge in [0.15, 0.2) is 0 Å².